The summed E-state index contributed by atoms with van der Waals surface area (Å²) in [4.78, 5) is 15.3. The van der Waals surface area contributed by atoms with Crippen molar-refractivity contribution in [2.75, 3.05) is 0 Å². The SMILES string of the molecule is c1ccc(-c2cccc(-c3nc(-c4ccc(-n5c6ccccc6c6ccc7c(c65)Oc5ccccc5O7)cc4)nc(-c4cccc(-c5ccccc5)c4)n3)c2)cc1. The number of nitrogens with zero attached hydrogens (tertiary/aromatic N) is 4. The van der Waals surface area contributed by atoms with Crippen molar-refractivity contribution in [2.45, 2.75) is 0 Å². The van der Waals surface area contributed by atoms with Crippen LogP contribution in [0.2, 0.25) is 0 Å². The van der Waals surface area contributed by atoms with Crippen LogP contribution in [0, 0.1) is 0 Å². The molecule has 0 fully saturated rings. The Bertz CT molecular complexity index is 3020. The highest BCUT2D eigenvalue weighted by Gasteiger charge is 2.25. The van der Waals surface area contributed by atoms with E-state index < -0.39 is 0 Å². The first kappa shape index (κ1) is 32.6. The van der Waals surface area contributed by atoms with E-state index in [1.54, 1.807) is 0 Å². The average molecular weight is 733 g/mol. The molecule has 0 N–H and O–H groups in total. The van der Waals surface area contributed by atoms with Crippen molar-refractivity contribution in [3.63, 3.8) is 0 Å². The van der Waals surface area contributed by atoms with E-state index in [1.807, 2.05) is 42.5 Å². The van der Waals surface area contributed by atoms with Crippen molar-refractivity contribution in [1.29, 1.82) is 0 Å². The third kappa shape index (κ3) is 5.79. The minimum absolute atomic E-state index is 0.588. The Balaban J connectivity index is 1.05. The Labute approximate surface area is 328 Å². The normalized spacial score (nSPS) is 11.8. The number of ether oxygens (including phenoxy) is 2. The molecule has 3 heterocycles. The Hall–Kier alpha value is -7.83. The number of aromatic nitrogens is 4. The molecule has 0 aliphatic carbocycles. The summed E-state index contributed by atoms with van der Waals surface area (Å²) >= 11 is 0. The van der Waals surface area contributed by atoms with E-state index >= 15 is 0 Å². The average Bonchev–Trinajstić information content (AvgIpc) is 3.64. The molecule has 10 aromatic rings. The molecule has 0 amide bonds. The fourth-order valence-electron chi connectivity index (χ4n) is 7.76. The topological polar surface area (TPSA) is 62.1 Å². The van der Waals surface area contributed by atoms with Gasteiger partial charge in [-0.1, -0.05) is 127 Å². The first-order valence-electron chi connectivity index (χ1n) is 18.9. The van der Waals surface area contributed by atoms with Gasteiger partial charge >= 0.3 is 0 Å². The summed E-state index contributed by atoms with van der Waals surface area (Å²) in [5, 5.41) is 2.21. The molecule has 268 valence electrons. The molecule has 0 spiro atoms. The molecule has 0 radical (unpaired) electrons. The summed E-state index contributed by atoms with van der Waals surface area (Å²) in [6, 6.07) is 66.2. The summed E-state index contributed by atoms with van der Waals surface area (Å²) in [6.45, 7) is 0. The summed E-state index contributed by atoms with van der Waals surface area (Å²) in [6.07, 6.45) is 0. The second-order valence-electron chi connectivity index (χ2n) is 14.0. The van der Waals surface area contributed by atoms with Crippen molar-refractivity contribution in [2.24, 2.45) is 0 Å². The van der Waals surface area contributed by atoms with Crippen LogP contribution in [-0.4, -0.2) is 19.5 Å². The van der Waals surface area contributed by atoms with Gasteiger partial charge in [0.2, 0.25) is 0 Å². The van der Waals surface area contributed by atoms with Crippen molar-refractivity contribution >= 4 is 21.8 Å². The number of hydrogen-bond donors (Lipinski definition) is 0. The van der Waals surface area contributed by atoms with E-state index in [4.69, 9.17) is 24.4 Å². The fraction of sp³-hybridized carbons (Fsp3) is 0. The van der Waals surface area contributed by atoms with Gasteiger partial charge in [0.25, 0.3) is 0 Å². The minimum atomic E-state index is 0.588. The lowest BCUT2D eigenvalue weighted by Gasteiger charge is -2.22. The predicted octanol–water partition coefficient (Wildman–Crippen LogP) is 13.2. The molecule has 1 aliphatic heterocycles. The van der Waals surface area contributed by atoms with Gasteiger partial charge < -0.3 is 14.0 Å². The molecule has 0 saturated carbocycles. The summed E-state index contributed by atoms with van der Waals surface area (Å²) in [5.41, 5.74) is 10.1. The predicted molar refractivity (Wildman–Crippen MR) is 228 cm³/mol. The molecule has 1 aliphatic rings. The molecule has 57 heavy (non-hydrogen) atoms. The van der Waals surface area contributed by atoms with Gasteiger partial charge in [-0.25, -0.2) is 15.0 Å². The smallest absolute Gasteiger partial charge is 0.194 e. The van der Waals surface area contributed by atoms with Crippen molar-refractivity contribution in [3.8, 4) is 85.1 Å². The highest BCUT2D eigenvalue weighted by molar-refractivity contribution is 6.12. The maximum atomic E-state index is 6.59. The lowest BCUT2D eigenvalue weighted by molar-refractivity contribution is 0.362. The van der Waals surface area contributed by atoms with Gasteiger partial charge in [0, 0.05) is 33.2 Å². The van der Waals surface area contributed by atoms with Crippen LogP contribution >= 0.6 is 0 Å². The number of fused-ring (bicyclic) bond motifs is 6. The fourth-order valence-corrected chi connectivity index (χ4v) is 7.76. The Kier molecular flexibility index (Phi) is 7.71. The standard InChI is InChI=1S/C51H32N4O2/c1-3-13-33(14-4-1)36-17-11-19-38(31-36)50-52-49(53-51(54-50)39-20-12-18-37(32-39)34-15-5-2-6-16-34)35-25-27-40(28-26-35)55-43-22-8-7-21-41(43)42-29-30-46-48(47(42)55)57-45-24-10-9-23-44(45)56-46/h1-32H. The summed E-state index contributed by atoms with van der Waals surface area (Å²) in [7, 11) is 0. The monoisotopic (exact) mass is 732 g/mol. The van der Waals surface area contributed by atoms with E-state index in [2.05, 4.69) is 156 Å². The summed E-state index contributed by atoms with van der Waals surface area (Å²) < 4.78 is 15.2. The minimum Gasteiger partial charge on any atom is -0.449 e. The highest BCUT2D eigenvalue weighted by atomic mass is 16.6. The van der Waals surface area contributed by atoms with Crippen molar-refractivity contribution in [3.05, 3.63) is 194 Å². The second-order valence-corrected chi connectivity index (χ2v) is 14.0. The van der Waals surface area contributed by atoms with Crippen LogP contribution in [0.4, 0.5) is 0 Å². The summed E-state index contributed by atoms with van der Waals surface area (Å²) in [5.74, 6) is 4.56. The van der Waals surface area contributed by atoms with E-state index in [-0.39, 0.29) is 0 Å². The lowest BCUT2D eigenvalue weighted by atomic mass is 10.0. The van der Waals surface area contributed by atoms with Crippen LogP contribution in [0.3, 0.4) is 0 Å². The van der Waals surface area contributed by atoms with Crippen molar-refractivity contribution in [1.82, 2.24) is 19.5 Å². The van der Waals surface area contributed by atoms with Gasteiger partial charge in [0.05, 0.1) is 5.52 Å². The Morgan fingerprint density at radius 3 is 1.47 bits per heavy atom. The molecule has 0 unspecified atom stereocenters. The Morgan fingerprint density at radius 1 is 0.333 bits per heavy atom. The zero-order chi connectivity index (χ0) is 37.7. The zero-order valence-corrected chi connectivity index (χ0v) is 30.6. The van der Waals surface area contributed by atoms with Gasteiger partial charge in [-0.05, 0) is 89.0 Å². The molecule has 2 aromatic heterocycles. The van der Waals surface area contributed by atoms with Gasteiger partial charge in [-0.15, -0.1) is 0 Å². The molecule has 0 bridgehead atoms. The molecule has 6 nitrogen and oxygen atoms in total. The van der Waals surface area contributed by atoms with Crippen LogP contribution in [0.15, 0.2) is 194 Å². The van der Waals surface area contributed by atoms with E-state index in [9.17, 15) is 0 Å². The van der Waals surface area contributed by atoms with E-state index in [0.29, 0.717) is 40.5 Å². The zero-order valence-electron chi connectivity index (χ0n) is 30.6. The van der Waals surface area contributed by atoms with Crippen LogP contribution in [-0.2, 0) is 0 Å². The number of para-hydroxylation sites is 3. The number of benzene rings is 8. The largest absolute Gasteiger partial charge is 0.449 e. The lowest BCUT2D eigenvalue weighted by Crippen LogP contribution is -2.02. The third-order valence-corrected chi connectivity index (χ3v) is 10.5. The number of hydrogen-bond acceptors (Lipinski definition) is 5. The number of rotatable bonds is 6. The maximum absolute atomic E-state index is 6.59. The molecule has 11 rings (SSSR count). The van der Waals surface area contributed by atoms with Crippen molar-refractivity contribution < 1.29 is 9.47 Å². The van der Waals surface area contributed by atoms with Crippen LogP contribution in [0.25, 0.3) is 83.9 Å². The van der Waals surface area contributed by atoms with E-state index in [0.717, 1.165) is 66.4 Å². The molecule has 0 atom stereocenters. The maximum Gasteiger partial charge on any atom is 0.194 e. The first-order valence-corrected chi connectivity index (χ1v) is 18.9. The molecular weight excluding hydrogens is 701 g/mol. The van der Waals surface area contributed by atoms with E-state index in [1.165, 1.54) is 0 Å². The van der Waals surface area contributed by atoms with Gasteiger partial charge in [0.1, 0.15) is 5.52 Å². The molecular formula is C51H32N4O2. The molecule has 0 saturated heterocycles. The third-order valence-electron chi connectivity index (χ3n) is 10.5. The van der Waals surface area contributed by atoms with Crippen LogP contribution < -0.4 is 9.47 Å². The van der Waals surface area contributed by atoms with Crippen LogP contribution in [0.1, 0.15) is 0 Å². The first-order chi connectivity index (χ1) is 28.2. The molecule has 8 aromatic carbocycles. The quantitative estimate of drug-likeness (QED) is 0.170. The van der Waals surface area contributed by atoms with Crippen LogP contribution in [0.5, 0.6) is 23.0 Å². The second kappa shape index (κ2) is 13.5. The Morgan fingerprint density at radius 2 is 0.842 bits per heavy atom. The van der Waals surface area contributed by atoms with Gasteiger partial charge in [-0.2, -0.15) is 0 Å². The highest BCUT2D eigenvalue weighted by Crippen LogP contribution is 2.50. The van der Waals surface area contributed by atoms with Gasteiger partial charge in [0.15, 0.2) is 40.5 Å². The molecule has 6 heteroatoms. The van der Waals surface area contributed by atoms with Gasteiger partial charge in [-0.3, -0.25) is 0 Å².